The molecule has 1 unspecified atom stereocenters. The van der Waals surface area contributed by atoms with Crippen LogP contribution < -0.4 is 11.1 Å². The van der Waals surface area contributed by atoms with Crippen molar-refractivity contribution in [2.24, 2.45) is 0 Å². The van der Waals surface area contributed by atoms with Gasteiger partial charge in [-0.1, -0.05) is 26.2 Å². The molecule has 0 aromatic carbocycles. The highest BCUT2D eigenvalue weighted by Gasteiger charge is 2.41. The largest absolute Gasteiger partial charge is 0.398 e. The number of ether oxygens (including phenoxy) is 1. The molecule has 112 valence electrons. The van der Waals surface area contributed by atoms with Gasteiger partial charge in [0, 0.05) is 30.3 Å². The molecule has 0 spiro atoms. The van der Waals surface area contributed by atoms with Crippen LogP contribution in [0.3, 0.4) is 0 Å². The Balaban J connectivity index is 2.36. The van der Waals surface area contributed by atoms with Gasteiger partial charge in [0.25, 0.3) is 0 Å². The zero-order chi connectivity index (χ0) is 14.4. The van der Waals surface area contributed by atoms with E-state index in [0.29, 0.717) is 0 Å². The van der Waals surface area contributed by atoms with Crippen LogP contribution in [0.15, 0.2) is 18.5 Å². The van der Waals surface area contributed by atoms with E-state index < -0.39 is 0 Å². The highest BCUT2D eigenvalue weighted by molar-refractivity contribution is 5.47. The number of likely N-dealkylation sites (N-methyl/N-ethyl adjacent to an activating group) is 1. The van der Waals surface area contributed by atoms with Gasteiger partial charge in [0.05, 0.1) is 11.6 Å². The van der Waals surface area contributed by atoms with Gasteiger partial charge in [-0.05, 0) is 32.4 Å². The lowest BCUT2D eigenvalue weighted by Gasteiger charge is -2.44. The Kier molecular flexibility index (Phi) is 5.38. The molecular formula is C16H27N3O. The summed E-state index contributed by atoms with van der Waals surface area (Å²) in [5.41, 5.74) is 7.91. The topological polar surface area (TPSA) is 60.2 Å². The molecule has 0 aliphatic heterocycles. The fourth-order valence-corrected chi connectivity index (χ4v) is 3.40. The molecule has 4 nitrogen and oxygen atoms in total. The van der Waals surface area contributed by atoms with Gasteiger partial charge >= 0.3 is 0 Å². The molecule has 1 fully saturated rings. The van der Waals surface area contributed by atoms with E-state index in [0.717, 1.165) is 37.2 Å². The van der Waals surface area contributed by atoms with Crippen molar-refractivity contribution < 1.29 is 4.74 Å². The van der Waals surface area contributed by atoms with Crippen LogP contribution in [0, 0.1) is 0 Å². The van der Waals surface area contributed by atoms with E-state index in [-0.39, 0.29) is 11.6 Å². The Bertz CT molecular complexity index is 410. The number of anilines is 1. The van der Waals surface area contributed by atoms with Gasteiger partial charge in [-0.3, -0.25) is 4.98 Å². The second-order valence-corrected chi connectivity index (χ2v) is 5.55. The first-order valence-corrected chi connectivity index (χ1v) is 7.80. The molecule has 0 bridgehead atoms. The molecule has 4 heteroatoms. The summed E-state index contributed by atoms with van der Waals surface area (Å²) < 4.78 is 6.25. The average Bonchev–Trinajstić information content (AvgIpc) is 2.47. The zero-order valence-electron chi connectivity index (χ0n) is 12.7. The van der Waals surface area contributed by atoms with E-state index in [1.807, 2.05) is 12.3 Å². The van der Waals surface area contributed by atoms with Crippen molar-refractivity contribution in [3.8, 4) is 0 Å². The van der Waals surface area contributed by atoms with Crippen LogP contribution in [-0.2, 0) is 4.74 Å². The summed E-state index contributed by atoms with van der Waals surface area (Å²) in [7, 11) is 0. The molecule has 1 aliphatic rings. The van der Waals surface area contributed by atoms with Crippen LogP contribution in [-0.4, -0.2) is 23.7 Å². The molecule has 3 N–H and O–H groups in total. The smallest absolute Gasteiger partial charge is 0.0877 e. The number of hydrogen-bond donors (Lipinski definition) is 2. The minimum atomic E-state index is -0.139. The molecule has 0 saturated heterocycles. The Morgan fingerprint density at radius 1 is 1.35 bits per heavy atom. The van der Waals surface area contributed by atoms with Crippen molar-refractivity contribution in [2.45, 2.75) is 57.6 Å². The first-order chi connectivity index (χ1) is 9.73. The molecule has 0 radical (unpaired) electrons. The van der Waals surface area contributed by atoms with E-state index in [4.69, 9.17) is 10.5 Å². The number of nitrogen functional groups attached to an aromatic ring is 1. The van der Waals surface area contributed by atoms with Crippen LogP contribution >= 0.6 is 0 Å². The standard InChI is InChI=1S/C16H27N3O/c1-3-19-15(13-12-18-11-8-14(13)17)16(20-4-2)9-6-5-7-10-16/h8,11-12,15,19H,3-7,9-10H2,1-2H3,(H2,17,18). The van der Waals surface area contributed by atoms with Gasteiger partial charge in [0.1, 0.15) is 0 Å². The predicted molar refractivity (Wildman–Crippen MR) is 82.5 cm³/mol. The lowest BCUT2D eigenvalue weighted by molar-refractivity contribution is -0.0909. The third kappa shape index (κ3) is 3.13. The number of rotatable bonds is 6. The fourth-order valence-electron chi connectivity index (χ4n) is 3.40. The van der Waals surface area contributed by atoms with Crippen molar-refractivity contribution in [1.29, 1.82) is 0 Å². The number of pyridine rings is 1. The third-order valence-electron chi connectivity index (χ3n) is 4.26. The summed E-state index contributed by atoms with van der Waals surface area (Å²) in [6.07, 6.45) is 9.56. The Morgan fingerprint density at radius 3 is 2.70 bits per heavy atom. The Morgan fingerprint density at radius 2 is 2.10 bits per heavy atom. The van der Waals surface area contributed by atoms with E-state index in [1.165, 1.54) is 19.3 Å². The predicted octanol–water partition coefficient (Wildman–Crippen LogP) is 3.05. The van der Waals surface area contributed by atoms with Crippen LogP contribution in [0.25, 0.3) is 0 Å². The van der Waals surface area contributed by atoms with Crippen molar-refractivity contribution >= 4 is 5.69 Å². The first kappa shape index (κ1) is 15.3. The summed E-state index contributed by atoms with van der Waals surface area (Å²) in [4.78, 5) is 4.26. The number of nitrogens with two attached hydrogens (primary N) is 1. The maximum Gasteiger partial charge on any atom is 0.0877 e. The van der Waals surface area contributed by atoms with Crippen molar-refractivity contribution in [2.75, 3.05) is 18.9 Å². The van der Waals surface area contributed by atoms with Crippen LogP contribution in [0.5, 0.6) is 0 Å². The van der Waals surface area contributed by atoms with Gasteiger partial charge in [0.2, 0.25) is 0 Å². The maximum atomic E-state index is 6.25. The lowest BCUT2D eigenvalue weighted by atomic mass is 9.76. The second kappa shape index (κ2) is 7.04. The first-order valence-electron chi connectivity index (χ1n) is 7.80. The molecule has 2 rings (SSSR count). The molecule has 1 atom stereocenters. The summed E-state index contributed by atoms with van der Waals surface area (Å²) >= 11 is 0. The normalized spacial score (nSPS) is 19.7. The molecule has 0 amide bonds. The minimum absolute atomic E-state index is 0.126. The Labute approximate surface area is 122 Å². The quantitative estimate of drug-likeness (QED) is 0.839. The van der Waals surface area contributed by atoms with Crippen LogP contribution in [0.2, 0.25) is 0 Å². The highest BCUT2D eigenvalue weighted by Crippen LogP contribution is 2.42. The van der Waals surface area contributed by atoms with E-state index in [9.17, 15) is 0 Å². The SMILES string of the molecule is CCNC(c1cnccc1N)C1(OCC)CCCCC1. The van der Waals surface area contributed by atoms with E-state index in [2.05, 4.69) is 24.1 Å². The molecule has 1 aromatic rings. The summed E-state index contributed by atoms with van der Waals surface area (Å²) in [5.74, 6) is 0. The van der Waals surface area contributed by atoms with Crippen LogP contribution in [0.4, 0.5) is 5.69 Å². The highest BCUT2D eigenvalue weighted by atomic mass is 16.5. The fraction of sp³-hybridized carbons (Fsp3) is 0.688. The van der Waals surface area contributed by atoms with Gasteiger partial charge in [-0.25, -0.2) is 0 Å². The molecular weight excluding hydrogens is 250 g/mol. The number of nitrogens with zero attached hydrogens (tertiary/aromatic N) is 1. The van der Waals surface area contributed by atoms with Gasteiger partial charge in [-0.2, -0.15) is 0 Å². The third-order valence-corrected chi connectivity index (χ3v) is 4.26. The molecule has 1 saturated carbocycles. The number of aromatic nitrogens is 1. The lowest BCUT2D eigenvalue weighted by Crippen LogP contribution is -2.48. The summed E-state index contributed by atoms with van der Waals surface area (Å²) in [6.45, 7) is 5.84. The monoisotopic (exact) mass is 277 g/mol. The maximum absolute atomic E-state index is 6.25. The van der Waals surface area contributed by atoms with Crippen molar-refractivity contribution in [1.82, 2.24) is 10.3 Å². The molecule has 1 heterocycles. The Hall–Kier alpha value is -1.13. The second-order valence-electron chi connectivity index (χ2n) is 5.55. The molecule has 1 aliphatic carbocycles. The van der Waals surface area contributed by atoms with Crippen molar-refractivity contribution in [3.05, 3.63) is 24.0 Å². The minimum Gasteiger partial charge on any atom is -0.398 e. The van der Waals surface area contributed by atoms with Crippen molar-refractivity contribution in [3.63, 3.8) is 0 Å². The molecule has 1 aromatic heterocycles. The van der Waals surface area contributed by atoms with Gasteiger partial charge in [0.15, 0.2) is 0 Å². The summed E-state index contributed by atoms with van der Waals surface area (Å²) in [6, 6.07) is 2.00. The van der Waals surface area contributed by atoms with E-state index >= 15 is 0 Å². The molecule has 20 heavy (non-hydrogen) atoms. The average molecular weight is 277 g/mol. The number of hydrogen-bond acceptors (Lipinski definition) is 4. The zero-order valence-corrected chi connectivity index (χ0v) is 12.7. The van der Waals surface area contributed by atoms with Crippen LogP contribution in [0.1, 0.15) is 57.6 Å². The van der Waals surface area contributed by atoms with Gasteiger partial charge in [-0.15, -0.1) is 0 Å². The van der Waals surface area contributed by atoms with Gasteiger partial charge < -0.3 is 15.8 Å². The number of nitrogens with one attached hydrogen (secondary N) is 1. The van der Waals surface area contributed by atoms with E-state index in [1.54, 1.807) is 6.20 Å². The summed E-state index contributed by atoms with van der Waals surface area (Å²) in [5, 5.41) is 3.59.